The summed E-state index contributed by atoms with van der Waals surface area (Å²) < 4.78 is 0. The Labute approximate surface area is 164 Å². The second-order valence-electron chi connectivity index (χ2n) is 5.78. The molecule has 0 aliphatic carbocycles. The van der Waals surface area contributed by atoms with Crippen LogP contribution in [-0.2, 0) is 9.59 Å². The summed E-state index contributed by atoms with van der Waals surface area (Å²) in [7, 11) is 0. The fourth-order valence-electron chi connectivity index (χ4n) is 2.71. The van der Waals surface area contributed by atoms with Gasteiger partial charge in [-0.25, -0.2) is 0 Å². The third-order valence-corrected chi connectivity index (χ3v) is 3.96. The summed E-state index contributed by atoms with van der Waals surface area (Å²) in [5.41, 5.74) is 1.32. The third kappa shape index (κ3) is 8.54. The number of allylic oxidation sites excluding steroid dienone is 7. The summed E-state index contributed by atoms with van der Waals surface area (Å²) in [6, 6.07) is 0. The van der Waals surface area contributed by atoms with E-state index in [1.165, 1.54) is 0 Å². The van der Waals surface area contributed by atoms with Gasteiger partial charge in [0, 0.05) is 24.4 Å². The zero-order valence-corrected chi connectivity index (χ0v) is 17.2. The van der Waals surface area contributed by atoms with Crippen LogP contribution in [0.4, 0.5) is 0 Å². The van der Waals surface area contributed by atoms with Crippen LogP contribution in [0.15, 0.2) is 73.0 Å². The van der Waals surface area contributed by atoms with E-state index < -0.39 is 0 Å². The Morgan fingerprint density at radius 3 is 2.37 bits per heavy atom. The molecule has 0 radical (unpaired) electrons. The van der Waals surface area contributed by atoms with Gasteiger partial charge in [-0.15, -0.1) is 0 Å². The molecule has 4 nitrogen and oxygen atoms in total. The van der Waals surface area contributed by atoms with Gasteiger partial charge in [0.15, 0.2) is 0 Å². The van der Waals surface area contributed by atoms with Crippen LogP contribution in [0.5, 0.6) is 0 Å². The Morgan fingerprint density at radius 1 is 1.11 bits per heavy atom. The summed E-state index contributed by atoms with van der Waals surface area (Å²) in [5.74, 6) is -0.321. The molecular formula is C23H34N2O2. The summed E-state index contributed by atoms with van der Waals surface area (Å²) in [6.07, 6.45) is 15.6. The van der Waals surface area contributed by atoms with Crippen LogP contribution in [0.3, 0.4) is 0 Å². The summed E-state index contributed by atoms with van der Waals surface area (Å²) in [4.78, 5) is 26.9. The van der Waals surface area contributed by atoms with Crippen LogP contribution < -0.4 is 5.32 Å². The Morgan fingerprint density at radius 2 is 1.81 bits per heavy atom. The number of rotatable bonds is 7. The van der Waals surface area contributed by atoms with Gasteiger partial charge in [0.05, 0.1) is 5.92 Å². The number of carbonyl (C=O) groups is 2. The van der Waals surface area contributed by atoms with Crippen LogP contribution in [0, 0.1) is 5.92 Å². The second-order valence-corrected chi connectivity index (χ2v) is 5.78. The van der Waals surface area contributed by atoms with Crippen LogP contribution in [0.1, 0.15) is 40.5 Å². The molecule has 148 valence electrons. The predicted molar refractivity (Wildman–Crippen MR) is 115 cm³/mol. The molecule has 1 rings (SSSR count). The molecule has 1 aliphatic heterocycles. The first-order chi connectivity index (χ1) is 13.1. The van der Waals surface area contributed by atoms with Crippen molar-refractivity contribution in [2.75, 3.05) is 13.1 Å². The van der Waals surface area contributed by atoms with Crippen molar-refractivity contribution in [2.45, 2.75) is 40.5 Å². The topological polar surface area (TPSA) is 49.4 Å². The maximum atomic E-state index is 12.6. The fourth-order valence-corrected chi connectivity index (χ4v) is 2.71. The number of amides is 2. The molecule has 0 aromatic carbocycles. The van der Waals surface area contributed by atoms with E-state index in [2.05, 4.69) is 18.5 Å². The van der Waals surface area contributed by atoms with Crippen molar-refractivity contribution in [3.05, 3.63) is 73.0 Å². The van der Waals surface area contributed by atoms with E-state index in [1.54, 1.807) is 41.4 Å². The van der Waals surface area contributed by atoms with Crippen molar-refractivity contribution in [1.29, 1.82) is 0 Å². The SMILES string of the molecule is C=C/C=C\C(=C/C)C(=O)N1CCCC(C(=O)NC(/C=C\C)=C/C=C)C1.CC. The van der Waals surface area contributed by atoms with E-state index in [0.29, 0.717) is 24.4 Å². The molecule has 2 amide bonds. The Hall–Kier alpha value is -2.62. The lowest BCUT2D eigenvalue weighted by atomic mass is 9.96. The average Bonchev–Trinajstić information content (AvgIpc) is 2.70. The van der Waals surface area contributed by atoms with Crippen molar-refractivity contribution in [3.8, 4) is 0 Å². The molecule has 0 aromatic heterocycles. The normalized spacial score (nSPS) is 18.1. The van der Waals surface area contributed by atoms with Crippen molar-refractivity contribution in [1.82, 2.24) is 10.2 Å². The quantitative estimate of drug-likeness (QED) is 0.521. The minimum absolute atomic E-state index is 0.0478. The fraction of sp³-hybridized carbons (Fsp3) is 0.391. The predicted octanol–water partition coefficient (Wildman–Crippen LogP) is 4.70. The molecule has 1 saturated heterocycles. The molecule has 1 N–H and O–H groups in total. The lowest BCUT2D eigenvalue weighted by Gasteiger charge is -2.32. The second kappa shape index (κ2) is 14.5. The highest BCUT2D eigenvalue weighted by Crippen LogP contribution is 2.19. The monoisotopic (exact) mass is 370 g/mol. The largest absolute Gasteiger partial charge is 0.338 e. The van der Waals surface area contributed by atoms with Gasteiger partial charge >= 0.3 is 0 Å². The molecule has 1 aliphatic rings. The number of hydrogen-bond donors (Lipinski definition) is 1. The van der Waals surface area contributed by atoms with Crippen LogP contribution in [0.25, 0.3) is 0 Å². The number of likely N-dealkylation sites (tertiary alicyclic amines) is 1. The van der Waals surface area contributed by atoms with Crippen molar-refractivity contribution >= 4 is 11.8 Å². The first-order valence-electron chi connectivity index (χ1n) is 9.58. The molecule has 0 aromatic rings. The maximum Gasteiger partial charge on any atom is 0.253 e. The smallest absolute Gasteiger partial charge is 0.253 e. The Kier molecular flexibility index (Phi) is 13.1. The lowest BCUT2D eigenvalue weighted by Crippen LogP contribution is -2.45. The van der Waals surface area contributed by atoms with Gasteiger partial charge in [-0.05, 0) is 44.9 Å². The highest BCUT2D eigenvalue weighted by atomic mass is 16.2. The molecule has 0 saturated carbocycles. The zero-order chi connectivity index (χ0) is 20.7. The van der Waals surface area contributed by atoms with E-state index in [0.717, 1.165) is 12.8 Å². The third-order valence-electron chi connectivity index (χ3n) is 3.96. The van der Waals surface area contributed by atoms with Gasteiger partial charge in [-0.2, -0.15) is 0 Å². The highest BCUT2D eigenvalue weighted by Gasteiger charge is 2.29. The number of carbonyl (C=O) groups excluding carboxylic acids is 2. The van der Waals surface area contributed by atoms with Crippen LogP contribution >= 0.6 is 0 Å². The van der Waals surface area contributed by atoms with Crippen LogP contribution in [-0.4, -0.2) is 29.8 Å². The van der Waals surface area contributed by atoms with E-state index in [4.69, 9.17) is 0 Å². The number of piperidine rings is 1. The lowest BCUT2D eigenvalue weighted by molar-refractivity contribution is -0.132. The van der Waals surface area contributed by atoms with Crippen molar-refractivity contribution in [2.24, 2.45) is 5.92 Å². The molecule has 0 spiro atoms. The van der Waals surface area contributed by atoms with Gasteiger partial charge in [-0.1, -0.05) is 57.4 Å². The molecule has 1 heterocycles. The Balaban J connectivity index is 0.00000326. The maximum absolute atomic E-state index is 12.6. The minimum atomic E-state index is -0.210. The van der Waals surface area contributed by atoms with E-state index in [-0.39, 0.29) is 17.7 Å². The Bertz CT molecular complexity index is 624. The van der Waals surface area contributed by atoms with Gasteiger partial charge in [0.25, 0.3) is 5.91 Å². The molecule has 4 heteroatoms. The molecule has 27 heavy (non-hydrogen) atoms. The molecular weight excluding hydrogens is 336 g/mol. The van der Waals surface area contributed by atoms with Gasteiger partial charge in [0.2, 0.25) is 5.91 Å². The van der Waals surface area contributed by atoms with E-state index in [9.17, 15) is 9.59 Å². The summed E-state index contributed by atoms with van der Waals surface area (Å²) in [5, 5.41) is 2.91. The van der Waals surface area contributed by atoms with Crippen molar-refractivity contribution in [3.63, 3.8) is 0 Å². The zero-order valence-electron chi connectivity index (χ0n) is 17.2. The first-order valence-corrected chi connectivity index (χ1v) is 9.58. The summed E-state index contributed by atoms with van der Waals surface area (Å²) in [6.45, 7) is 16.1. The first kappa shape index (κ1) is 24.4. The minimum Gasteiger partial charge on any atom is -0.338 e. The molecule has 0 bridgehead atoms. The summed E-state index contributed by atoms with van der Waals surface area (Å²) >= 11 is 0. The standard InChI is InChI=1S/C21H28N2O2.C2H6/c1-5-9-13-17(8-4)21(25)23-15-10-14-18(16-23)20(24)22-19(11-6-2)12-7-3;1-2/h5-9,11-13,18H,1-2,10,14-16H2,3-4H3,(H,22,24);1-2H3/b12-7-,13-9-,17-8+,19-11+;. The molecule has 1 fully saturated rings. The van der Waals surface area contributed by atoms with Crippen LogP contribution in [0.2, 0.25) is 0 Å². The van der Waals surface area contributed by atoms with Gasteiger partial charge in [0.1, 0.15) is 0 Å². The highest BCUT2D eigenvalue weighted by molar-refractivity contribution is 5.96. The van der Waals surface area contributed by atoms with E-state index >= 15 is 0 Å². The van der Waals surface area contributed by atoms with Crippen molar-refractivity contribution < 1.29 is 9.59 Å². The van der Waals surface area contributed by atoms with Gasteiger partial charge in [-0.3, -0.25) is 9.59 Å². The number of hydrogen-bond acceptors (Lipinski definition) is 2. The number of nitrogens with zero attached hydrogens (tertiary/aromatic N) is 1. The molecule has 1 unspecified atom stereocenters. The number of nitrogens with one attached hydrogen (secondary N) is 1. The average molecular weight is 371 g/mol. The molecule has 1 atom stereocenters. The van der Waals surface area contributed by atoms with E-state index in [1.807, 2.05) is 39.8 Å². The van der Waals surface area contributed by atoms with Gasteiger partial charge < -0.3 is 10.2 Å².